The van der Waals surface area contributed by atoms with Crippen LogP contribution in [0.5, 0.6) is 17.4 Å². The largest absolute Gasteiger partial charge is 0.497 e. The van der Waals surface area contributed by atoms with E-state index in [1.807, 2.05) is 0 Å². The van der Waals surface area contributed by atoms with E-state index in [2.05, 4.69) is 4.99 Å². The van der Waals surface area contributed by atoms with Gasteiger partial charge in [0.1, 0.15) is 17.1 Å². The second kappa shape index (κ2) is 6.39. The Morgan fingerprint density at radius 1 is 1.04 bits per heavy atom. The van der Waals surface area contributed by atoms with Gasteiger partial charge in [-0.25, -0.2) is 4.79 Å². The fourth-order valence-electron chi connectivity index (χ4n) is 1.98. The smallest absolute Gasteiger partial charge is 0.333 e. The van der Waals surface area contributed by atoms with Crippen LogP contribution in [-0.4, -0.2) is 34.7 Å². The number of hydrogen-bond acceptors (Lipinski definition) is 6. The van der Waals surface area contributed by atoms with E-state index in [1.165, 1.54) is 34.5 Å². The molecule has 0 atom stereocenters. The number of aromatic nitrogens is 2. The van der Waals surface area contributed by atoms with Crippen molar-refractivity contribution in [3.8, 4) is 17.4 Å². The zero-order chi connectivity index (χ0) is 17.1. The Morgan fingerprint density at radius 3 is 2.13 bits per heavy atom. The van der Waals surface area contributed by atoms with Crippen LogP contribution in [-0.2, 0) is 14.1 Å². The predicted octanol–water partition coefficient (Wildman–Crippen LogP) is 0.557. The van der Waals surface area contributed by atoms with Crippen molar-refractivity contribution in [2.75, 3.05) is 14.2 Å². The topological polar surface area (TPSA) is 95.0 Å². The summed E-state index contributed by atoms with van der Waals surface area (Å²) in [6.45, 7) is 0. The molecule has 8 nitrogen and oxygen atoms in total. The van der Waals surface area contributed by atoms with Crippen LogP contribution in [0.2, 0.25) is 0 Å². The average Bonchev–Trinajstić information content (AvgIpc) is 2.57. The number of aromatic hydroxyl groups is 1. The summed E-state index contributed by atoms with van der Waals surface area (Å²) in [5.74, 6) is 0.625. The summed E-state index contributed by atoms with van der Waals surface area (Å²) in [6.07, 6.45) is 1.20. The first-order valence-electron chi connectivity index (χ1n) is 6.65. The maximum Gasteiger partial charge on any atom is 0.333 e. The Hall–Kier alpha value is -3.03. The summed E-state index contributed by atoms with van der Waals surface area (Å²) >= 11 is 0. The first-order valence-corrected chi connectivity index (χ1v) is 6.65. The van der Waals surface area contributed by atoms with E-state index in [0.29, 0.717) is 17.2 Å². The molecule has 0 fully saturated rings. The fourth-order valence-corrected chi connectivity index (χ4v) is 1.98. The molecule has 0 unspecified atom stereocenters. The zero-order valence-electron chi connectivity index (χ0n) is 13.2. The van der Waals surface area contributed by atoms with Gasteiger partial charge in [0, 0.05) is 38.5 Å². The third kappa shape index (κ3) is 3.10. The molecular formula is C15H17N3O5. The maximum atomic E-state index is 12.1. The SMILES string of the molecule is COc1cc(N=Cc2c(O)n(C)c(=O)n(C)c2=O)cc(OC)c1. The van der Waals surface area contributed by atoms with Gasteiger partial charge in [0.25, 0.3) is 5.56 Å². The number of benzene rings is 1. The molecule has 23 heavy (non-hydrogen) atoms. The Morgan fingerprint density at radius 2 is 1.61 bits per heavy atom. The summed E-state index contributed by atoms with van der Waals surface area (Å²) in [5.41, 5.74) is -0.871. The highest BCUT2D eigenvalue weighted by Gasteiger charge is 2.13. The van der Waals surface area contributed by atoms with Crippen molar-refractivity contribution in [1.82, 2.24) is 9.13 Å². The van der Waals surface area contributed by atoms with Gasteiger partial charge in [-0.15, -0.1) is 0 Å². The molecule has 1 heterocycles. The number of hydrogen-bond donors (Lipinski definition) is 1. The van der Waals surface area contributed by atoms with E-state index in [1.54, 1.807) is 18.2 Å². The Bertz CT molecular complexity index is 858. The lowest BCUT2D eigenvalue weighted by Gasteiger charge is -2.07. The van der Waals surface area contributed by atoms with Gasteiger partial charge >= 0.3 is 5.69 Å². The molecule has 2 aromatic rings. The van der Waals surface area contributed by atoms with E-state index in [9.17, 15) is 14.7 Å². The molecular weight excluding hydrogens is 302 g/mol. The molecule has 0 aliphatic rings. The monoisotopic (exact) mass is 319 g/mol. The van der Waals surface area contributed by atoms with Crippen molar-refractivity contribution >= 4 is 11.9 Å². The first-order chi connectivity index (χ1) is 10.9. The number of nitrogens with zero attached hydrogens (tertiary/aromatic N) is 3. The number of methoxy groups -OCH3 is 2. The van der Waals surface area contributed by atoms with Gasteiger partial charge in [0.15, 0.2) is 0 Å². The minimum absolute atomic E-state index is 0.0867. The quantitative estimate of drug-likeness (QED) is 0.831. The van der Waals surface area contributed by atoms with Gasteiger partial charge in [-0.2, -0.15) is 0 Å². The summed E-state index contributed by atoms with van der Waals surface area (Å²) in [7, 11) is 5.71. The molecule has 0 spiro atoms. The lowest BCUT2D eigenvalue weighted by atomic mass is 10.2. The summed E-state index contributed by atoms with van der Waals surface area (Å²) < 4.78 is 12.1. The van der Waals surface area contributed by atoms with Crippen molar-refractivity contribution in [3.05, 3.63) is 44.6 Å². The van der Waals surface area contributed by atoms with Crippen LogP contribution in [0, 0.1) is 0 Å². The molecule has 0 aliphatic heterocycles. The maximum absolute atomic E-state index is 12.1. The molecule has 0 radical (unpaired) electrons. The van der Waals surface area contributed by atoms with Gasteiger partial charge in [0.05, 0.1) is 19.9 Å². The van der Waals surface area contributed by atoms with Crippen LogP contribution >= 0.6 is 0 Å². The normalized spacial score (nSPS) is 11.0. The van der Waals surface area contributed by atoms with Crippen molar-refractivity contribution < 1.29 is 14.6 Å². The third-order valence-electron chi connectivity index (χ3n) is 3.35. The minimum atomic E-state index is -0.635. The second-order valence-corrected chi connectivity index (χ2v) is 4.77. The van der Waals surface area contributed by atoms with Crippen molar-refractivity contribution in [2.45, 2.75) is 0 Å². The van der Waals surface area contributed by atoms with Gasteiger partial charge in [-0.3, -0.25) is 18.9 Å². The van der Waals surface area contributed by atoms with Crippen LogP contribution in [0.4, 0.5) is 5.69 Å². The zero-order valence-corrected chi connectivity index (χ0v) is 13.2. The lowest BCUT2D eigenvalue weighted by molar-refractivity contribution is 0.394. The average molecular weight is 319 g/mol. The lowest BCUT2D eigenvalue weighted by Crippen LogP contribution is -2.38. The van der Waals surface area contributed by atoms with Crippen LogP contribution in [0.1, 0.15) is 5.56 Å². The molecule has 0 saturated heterocycles. The predicted molar refractivity (Wildman–Crippen MR) is 85.4 cm³/mol. The van der Waals surface area contributed by atoms with Gasteiger partial charge in [-0.05, 0) is 0 Å². The highest BCUT2D eigenvalue weighted by Crippen LogP contribution is 2.27. The highest BCUT2D eigenvalue weighted by molar-refractivity contribution is 5.84. The van der Waals surface area contributed by atoms with Crippen molar-refractivity contribution in [2.24, 2.45) is 19.1 Å². The molecule has 0 amide bonds. The van der Waals surface area contributed by atoms with Crippen LogP contribution in [0.3, 0.4) is 0 Å². The third-order valence-corrected chi connectivity index (χ3v) is 3.35. The second-order valence-electron chi connectivity index (χ2n) is 4.77. The summed E-state index contributed by atoms with van der Waals surface area (Å²) in [6, 6.07) is 4.97. The Labute approximate surface area is 131 Å². The molecule has 8 heteroatoms. The van der Waals surface area contributed by atoms with Gasteiger partial charge < -0.3 is 14.6 Å². The van der Waals surface area contributed by atoms with E-state index in [0.717, 1.165) is 9.13 Å². The number of aliphatic imine (C=N–C) groups is 1. The van der Waals surface area contributed by atoms with Gasteiger partial charge in [0.2, 0.25) is 5.88 Å². The molecule has 1 aromatic heterocycles. The summed E-state index contributed by atoms with van der Waals surface area (Å²) in [4.78, 5) is 27.9. The van der Waals surface area contributed by atoms with E-state index < -0.39 is 17.1 Å². The minimum Gasteiger partial charge on any atom is -0.497 e. The molecule has 1 N–H and O–H groups in total. The molecule has 122 valence electrons. The van der Waals surface area contributed by atoms with Crippen molar-refractivity contribution in [1.29, 1.82) is 0 Å². The molecule has 0 bridgehead atoms. The molecule has 1 aromatic carbocycles. The van der Waals surface area contributed by atoms with Crippen molar-refractivity contribution in [3.63, 3.8) is 0 Å². The van der Waals surface area contributed by atoms with Crippen LogP contribution in [0.25, 0.3) is 0 Å². The van der Waals surface area contributed by atoms with E-state index in [4.69, 9.17) is 9.47 Å². The number of ether oxygens (including phenoxy) is 2. The Balaban J connectivity index is 2.54. The van der Waals surface area contributed by atoms with E-state index >= 15 is 0 Å². The van der Waals surface area contributed by atoms with Crippen LogP contribution in [0.15, 0.2) is 32.8 Å². The van der Waals surface area contributed by atoms with Gasteiger partial charge in [-0.1, -0.05) is 0 Å². The standard InChI is InChI=1S/C15H17N3O5/c1-17-13(19)12(14(20)18(2)15(17)21)8-16-9-5-10(22-3)7-11(6-9)23-4/h5-8,19H,1-4H3. The summed E-state index contributed by atoms with van der Waals surface area (Å²) in [5, 5.41) is 9.97. The van der Waals surface area contributed by atoms with E-state index in [-0.39, 0.29) is 5.56 Å². The Kier molecular flexibility index (Phi) is 4.54. The molecule has 0 saturated carbocycles. The first kappa shape index (κ1) is 16.3. The molecule has 2 rings (SSSR count). The van der Waals surface area contributed by atoms with Crippen LogP contribution < -0.4 is 20.7 Å². The fraction of sp³-hybridized carbons (Fsp3) is 0.267. The number of rotatable bonds is 4. The molecule has 0 aliphatic carbocycles. The highest BCUT2D eigenvalue weighted by atomic mass is 16.5.